The number of nitrogens with one attached hydrogen (secondary N) is 1. The molecule has 15 heteroatoms. The Morgan fingerprint density at radius 3 is 2.04 bits per heavy atom. The Kier molecular flexibility index (Phi) is 16.4. The first kappa shape index (κ1) is 28.7. The van der Waals surface area contributed by atoms with E-state index in [0.29, 0.717) is 0 Å². The molecule has 1 unspecified atom stereocenters. The monoisotopic (exact) mass is 381 g/mol. The van der Waals surface area contributed by atoms with Crippen LogP contribution < -0.4 is 64.6 Å². The summed E-state index contributed by atoms with van der Waals surface area (Å²) in [5, 5.41) is 45.4. The van der Waals surface area contributed by atoms with Crippen LogP contribution in [-0.2, 0) is 23.3 Å². The summed E-state index contributed by atoms with van der Waals surface area (Å²) < 4.78 is 18.8. The van der Waals surface area contributed by atoms with E-state index >= 15 is 0 Å². The molecule has 0 aliphatic heterocycles. The van der Waals surface area contributed by atoms with E-state index in [1.54, 1.807) is 0 Å². The SMILES string of the molecule is CC(=O)NOP(=O)(O)OC(=O)[C@H](O)[C@@H](O)[C@H](O)[C@H](O)CO.[H-].[H-].[Na+].[Na+]. The molecule has 0 spiro atoms. The van der Waals surface area contributed by atoms with Crippen LogP contribution in [0.4, 0.5) is 0 Å². The van der Waals surface area contributed by atoms with Crippen LogP contribution in [0.1, 0.15) is 9.78 Å². The molecular weight excluding hydrogens is 363 g/mol. The van der Waals surface area contributed by atoms with Gasteiger partial charge in [-0.15, -0.1) is 0 Å². The normalized spacial score (nSPS) is 18.0. The van der Waals surface area contributed by atoms with Gasteiger partial charge in [-0.25, -0.2) is 14.8 Å². The fourth-order valence-electron chi connectivity index (χ4n) is 0.970. The van der Waals surface area contributed by atoms with Gasteiger partial charge in [0.25, 0.3) is 0 Å². The molecule has 0 aromatic rings. The van der Waals surface area contributed by atoms with Crippen molar-refractivity contribution in [2.75, 3.05) is 6.61 Å². The van der Waals surface area contributed by atoms with Crippen LogP contribution in [-0.4, -0.2) is 73.3 Å². The maximum atomic E-state index is 11.2. The van der Waals surface area contributed by atoms with E-state index in [0.717, 1.165) is 6.92 Å². The van der Waals surface area contributed by atoms with E-state index in [9.17, 15) is 29.5 Å². The van der Waals surface area contributed by atoms with Crippen LogP contribution >= 0.6 is 7.82 Å². The number of phosphoric ester groups is 1. The summed E-state index contributed by atoms with van der Waals surface area (Å²) in [6, 6.07) is 0. The van der Waals surface area contributed by atoms with Gasteiger partial charge in [0.2, 0.25) is 5.91 Å². The number of hydrogen-bond donors (Lipinski definition) is 7. The van der Waals surface area contributed by atoms with Gasteiger partial charge in [-0.05, 0) is 0 Å². The molecule has 0 saturated carbocycles. The fourth-order valence-corrected chi connectivity index (χ4v) is 1.59. The molecule has 12 nitrogen and oxygen atoms in total. The van der Waals surface area contributed by atoms with Crippen LogP contribution in [0.3, 0.4) is 0 Å². The molecule has 0 rings (SSSR count). The zero-order chi connectivity index (χ0) is 16.8. The molecule has 7 N–H and O–H groups in total. The molecule has 0 bridgehead atoms. The van der Waals surface area contributed by atoms with Crippen LogP contribution in [0.5, 0.6) is 0 Å². The Morgan fingerprint density at radius 1 is 1.17 bits per heavy atom. The van der Waals surface area contributed by atoms with Crippen LogP contribution in [0.25, 0.3) is 0 Å². The second kappa shape index (κ2) is 13.1. The minimum Gasteiger partial charge on any atom is -1.00 e. The summed E-state index contributed by atoms with van der Waals surface area (Å²) in [4.78, 5) is 30.7. The van der Waals surface area contributed by atoms with Crippen molar-refractivity contribution in [1.82, 2.24) is 5.48 Å². The minimum absolute atomic E-state index is 0. The first-order chi connectivity index (χ1) is 9.51. The third kappa shape index (κ3) is 11.2. The number of phosphoric acid groups is 1. The average Bonchev–Trinajstić information content (AvgIpc) is 2.41. The first-order valence-electron chi connectivity index (χ1n) is 5.36. The molecule has 0 aliphatic rings. The number of rotatable bonds is 8. The van der Waals surface area contributed by atoms with Crippen molar-refractivity contribution < 1.29 is 116 Å². The molecule has 0 aromatic carbocycles. The van der Waals surface area contributed by atoms with E-state index in [2.05, 4.69) is 9.15 Å². The topological polar surface area (TPSA) is 203 Å². The zero-order valence-corrected chi connectivity index (χ0v) is 17.6. The molecule has 0 saturated heterocycles. The van der Waals surface area contributed by atoms with Crippen LogP contribution in [0, 0.1) is 0 Å². The van der Waals surface area contributed by atoms with Gasteiger partial charge in [0, 0.05) is 6.92 Å². The number of aliphatic hydroxyl groups excluding tert-OH is 5. The van der Waals surface area contributed by atoms with Gasteiger partial charge in [-0.3, -0.25) is 9.69 Å². The standard InChI is InChI=1S/C8H16NO11P.2Na.2H/c1-3(11)9-20-21(17,18)19-8(16)7(15)6(14)5(13)4(12)2-10;;;;/h4-7,10,12-15H,2H2,1H3,(H,9,11)(H,17,18);;;;/q;2*+1;2*-1/t4-,5-,6+,7-;;;;/m1..../s1. The quantitative estimate of drug-likeness (QED) is 0.119. The number of carbonyl (C=O) groups excluding carboxylic acids is 2. The van der Waals surface area contributed by atoms with Crippen molar-refractivity contribution in [2.45, 2.75) is 31.3 Å². The molecule has 23 heavy (non-hydrogen) atoms. The van der Waals surface area contributed by atoms with Gasteiger partial charge < -0.3 is 32.9 Å². The molecule has 1 amide bonds. The predicted octanol–water partition coefficient (Wildman–Crippen LogP) is -9.63. The molecule has 0 aliphatic carbocycles. The molecule has 0 heterocycles. The fraction of sp³-hybridized carbons (Fsp3) is 0.750. The van der Waals surface area contributed by atoms with Crippen molar-refractivity contribution >= 4 is 19.7 Å². The smallest absolute Gasteiger partial charge is 1.00 e. The third-order valence-electron chi connectivity index (χ3n) is 2.01. The van der Waals surface area contributed by atoms with Crippen LogP contribution in [0.15, 0.2) is 0 Å². The summed E-state index contributed by atoms with van der Waals surface area (Å²) in [5.41, 5.74) is 1.41. The van der Waals surface area contributed by atoms with Crippen molar-refractivity contribution in [2.24, 2.45) is 0 Å². The van der Waals surface area contributed by atoms with E-state index in [4.69, 9.17) is 15.1 Å². The summed E-state index contributed by atoms with van der Waals surface area (Å²) in [6.45, 7) is -0.0583. The Labute approximate surface area is 177 Å². The van der Waals surface area contributed by atoms with Gasteiger partial charge in [0.15, 0.2) is 6.10 Å². The Balaban J connectivity index is -0.000000333. The molecular formula is C8H18NNa2O11P. The van der Waals surface area contributed by atoms with Crippen LogP contribution in [0.2, 0.25) is 0 Å². The molecule has 5 atom stereocenters. The predicted molar refractivity (Wildman–Crippen MR) is 64.2 cm³/mol. The second-order valence-corrected chi connectivity index (χ2v) is 5.11. The van der Waals surface area contributed by atoms with E-state index in [-0.39, 0.29) is 62.0 Å². The van der Waals surface area contributed by atoms with Crippen molar-refractivity contribution in [3.05, 3.63) is 0 Å². The second-order valence-electron chi connectivity index (χ2n) is 3.80. The van der Waals surface area contributed by atoms with Crippen molar-refractivity contribution in [1.29, 1.82) is 0 Å². The number of aliphatic hydroxyl groups is 5. The van der Waals surface area contributed by atoms with Crippen molar-refractivity contribution in [3.63, 3.8) is 0 Å². The third-order valence-corrected chi connectivity index (χ3v) is 2.74. The van der Waals surface area contributed by atoms with Gasteiger partial charge >= 0.3 is 72.9 Å². The maximum Gasteiger partial charge on any atom is 1.00 e. The Bertz CT molecular complexity index is 435. The number of amides is 1. The molecule has 0 aromatic heterocycles. The number of hydroxylamine groups is 1. The van der Waals surface area contributed by atoms with Gasteiger partial charge in [0.05, 0.1) is 6.61 Å². The number of hydrogen-bond acceptors (Lipinski definition) is 10. The van der Waals surface area contributed by atoms with E-state index < -0.39 is 50.7 Å². The molecule has 0 fully saturated rings. The Morgan fingerprint density at radius 2 is 1.65 bits per heavy atom. The first-order valence-corrected chi connectivity index (χ1v) is 6.86. The Hall–Kier alpha value is 0.890. The summed E-state index contributed by atoms with van der Waals surface area (Å²) in [5.74, 6) is -2.76. The maximum absolute atomic E-state index is 11.2. The van der Waals surface area contributed by atoms with E-state index in [1.165, 1.54) is 5.48 Å². The summed E-state index contributed by atoms with van der Waals surface area (Å²) in [6.07, 6.45) is -8.85. The summed E-state index contributed by atoms with van der Waals surface area (Å²) >= 11 is 0. The average molecular weight is 381 g/mol. The summed E-state index contributed by atoms with van der Waals surface area (Å²) in [7, 11) is -5.10. The minimum atomic E-state index is -5.10. The van der Waals surface area contributed by atoms with E-state index in [1.807, 2.05) is 0 Å². The van der Waals surface area contributed by atoms with Gasteiger partial charge in [-0.2, -0.15) is 4.62 Å². The van der Waals surface area contributed by atoms with Gasteiger partial charge in [0.1, 0.15) is 18.3 Å². The zero-order valence-electron chi connectivity index (χ0n) is 14.7. The van der Waals surface area contributed by atoms with Crippen molar-refractivity contribution in [3.8, 4) is 0 Å². The molecule has 128 valence electrons. The number of carbonyl (C=O) groups is 2. The van der Waals surface area contributed by atoms with Gasteiger partial charge in [-0.1, -0.05) is 0 Å². The molecule has 0 radical (unpaired) electrons. The largest absolute Gasteiger partial charge is 1.00 e.